The Hall–Kier alpha value is -2.81. The lowest BCUT2D eigenvalue weighted by molar-refractivity contribution is -0.717. The Balaban J connectivity index is 0.000000976. The minimum atomic E-state index is -6.00. The predicted octanol–water partition coefficient (Wildman–Crippen LogP) is 5.33. The number of halogens is 4. The highest BCUT2D eigenvalue weighted by molar-refractivity contribution is 6.50. The second-order valence-electron chi connectivity index (χ2n) is 10.7. The standard InChI is InChI=1S/C30H45N4.BF4/c1-22-16-25(4)32(26(5)17-22)13-10-31(11-14-33-27(6)18-23(2)19-28(33)7)12-15-34-29(8)20-24(3)21-30(34)9;2-1(3,4)5/h16-21H,10-15H2,1-9H3;/q+3;-1. The van der Waals surface area contributed by atoms with Crippen LogP contribution >= 0.6 is 0 Å². The van der Waals surface area contributed by atoms with Crippen LogP contribution in [0.1, 0.15) is 50.9 Å². The first-order valence-electron chi connectivity index (χ1n) is 13.6. The smallest absolute Gasteiger partial charge is 0.418 e. The summed E-state index contributed by atoms with van der Waals surface area (Å²) in [5.74, 6) is 0. The van der Waals surface area contributed by atoms with Gasteiger partial charge in [0, 0.05) is 77.9 Å². The maximum Gasteiger partial charge on any atom is 0.673 e. The van der Waals surface area contributed by atoms with Gasteiger partial charge in [-0.2, -0.15) is 13.7 Å². The summed E-state index contributed by atoms with van der Waals surface area (Å²) in [5.41, 5.74) is 12.1. The van der Waals surface area contributed by atoms with Gasteiger partial charge in [0.05, 0.1) is 19.6 Å². The van der Waals surface area contributed by atoms with Crippen molar-refractivity contribution in [2.24, 2.45) is 0 Å². The summed E-state index contributed by atoms with van der Waals surface area (Å²) in [4.78, 5) is 2.64. The van der Waals surface area contributed by atoms with Crippen LogP contribution in [0.15, 0.2) is 36.4 Å². The number of aromatic nitrogens is 3. The van der Waals surface area contributed by atoms with Crippen LogP contribution in [0.2, 0.25) is 0 Å². The molecule has 0 saturated carbocycles. The minimum Gasteiger partial charge on any atom is -0.418 e. The normalized spacial score (nSPS) is 11.5. The second-order valence-corrected chi connectivity index (χ2v) is 10.7. The van der Waals surface area contributed by atoms with Crippen LogP contribution < -0.4 is 13.7 Å². The zero-order valence-electron chi connectivity index (χ0n) is 25.1. The van der Waals surface area contributed by atoms with E-state index in [0.29, 0.717) is 0 Å². The van der Waals surface area contributed by atoms with Crippen molar-refractivity contribution in [2.75, 3.05) is 19.6 Å². The van der Waals surface area contributed by atoms with Crippen molar-refractivity contribution in [3.05, 3.63) is 87.3 Å². The van der Waals surface area contributed by atoms with Crippen molar-refractivity contribution >= 4 is 7.25 Å². The molecule has 0 N–H and O–H groups in total. The van der Waals surface area contributed by atoms with Crippen LogP contribution in [0.5, 0.6) is 0 Å². The molecule has 0 saturated heterocycles. The Bertz CT molecular complexity index is 1050. The Morgan fingerprint density at radius 1 is 0.462 bits per heavy atom. The fourth-order valence-corrected chi connectivity index (χ4v) is 5.52. The summed E-state index contributed by atoms with van der Waals surface area (Å²) in [7, 11) is -6.00. The molecule has 0 unspecified atom stereocenters. The average molecular weight is 549 g/mol. The van der Waals surface area contributed by atoms with Crippen LogP contribution in [-0.2, 0) is 19.6 Å². The van der Waals surface area contributed by atoms with Gasteiger partial charge < -0.3 is 17.3 Å². The van der Waals surface area contributed by atoms with Gasteiger partial charge >= 0.3 is 7.25 Å². The molecule has 0 atom stereocenters. The van der Waals surface area contributed by atoms with Gasteiger partial charge in [-0.15, -0.1) is 0 Å². The Kier molecular flexibility index (Phi) is 11.6. The number of nitrogens with zero attached hydrogens (tertiary/aromatic N) is 4. The van der Waals surface area contributed by atoms with Gasteiger partial charge in [-0.1, -0.05) is 0 Å². The van der Waals surface area contributed by atoms with Crippen molar-refractivity contribution in [3.8, 4) is 0 Å². The van der Waals surface area contributed by atoms with Gasteiger partial charge in [-0.05, 0) is 37.5 Å². The van der Waals surface area contributed by atoms with Crippen molar-refractivity contribution < 1.29 is 31.0 Å². The number of aryl methyl sites for hydroxylation is 9. The third kappa shape index (κ3) is 10.7. The van der Waals surface area contributed by atoms with Gasteiger partial charge in [0.15, 0.2) is 53.8 Å². The lowest BCUT2D eigenvalue weighted by Gasteiger charge is -2.20. The van der Waals surface area contributed by atoms with Crippen LogP contribution in [0, 0.1) is 62.3 Å². The SMILES string of the molecule is Cc1cc(C)[n+](CCN(CC[n+]2c(C)cc(C)cc2C)CC[n+]2c(C)cc(C)cc2C)c(C)c1.F[B-](F)(F)F. The first-order chi connectivity index (χ1) is 18.0. The quantitative estimate of drug-likeness (QED) is 0.201. The predicted molar refractivity (Wildman–Crippen MR) is 149 cm³/mol. The van der Waals surface area contributed by atoms with E-state index in [1.807, 2.05) is 0 Å². The van der Waals surface area contributed by atoms with Gasteiger partial charge in [0.1, 0.15) is 0 Å². The largest absolute Gasteiger partial charge is 0.673 e. The second kappa shape index (κ2) is 14.0. The molecule has 3 rings (SSSR count). The van der Waals surface area contributed by atoms with E-state index in [0.717, 1.165) is 39.3 Å². The third-order valence-electron chi connectivity index (χ3n) is 7.09. The lowest BCUT2D eigenvalue weighted by Crippen LogP contribution is -2.51. The van der Waals surface area contributed by atoms with E-state index in [9.17, 15) is 17.3 Å². The molecule has 3 aromatic heterocycles. The van der Waals surface area contributed by atoms with Crippen molar-refractivity contribution in [1.29, 1.82) is 0 Å². The molecule has 4 nitrogen and oxygen atoms in total. The van der Waals surface area contributed by atoms with Gasteiger partial charge in [-0.25, -0.2) is 0 Å². The molecule has 3 aromatic rings. The minimum absolute atomic E-state index is 1.02. The molecule has 0 aliphatic rings. The molecule has 0 aliphatic carbocycles. The van der Waals surface area contributed by atoms with Crippen LogP contribution in [0.25, 0.3) is 0 Å². The topological polar surface area (TPSA) is 14.9 Å². The maximum absolute atomic E-state index is 9.75. The molecule has 0 radical (unpaired) electrons. The van der Waals surface area contributed by atoms with Crippen LogP contribution in [0.4, 0.5) is 17.3 Å². The average Bonchev–Trinajstić information content (AvgIpc) is 2.75. The first-order valence-corrected chi connectivity index (χ1v) is 13.6. The van der Waals surface area contributed by atoms with Gasteiger partial charge in [-0.3, -0.25) is 4.90 Å². The number of pyridine rings is 3. The van der Waals surface area contributed by atoms with E-state index in [1.165, 1.54) is 50.9 Å². The van der Waals surface area contributed by atoms with E-state index in [2.05, 4.69) is 117 Å². The zero-order chi connectivity index (χ0) is 29.5. The Labute approximate surface area is 232 Å². The van der Waals surface area contributed by atoms with Crippen LogP contribution in [-0.4, -0.2) is 31.8 Å². The summed E-state index contributed by atoms with van der Waals surface area (Å²) in [6.07, 6.45) is 0. The van der Waals surface area contributed by atoms with Gasteiger partial charge in [0.25, 0.3) is 0 Å². The summed E-state index contributed by atoms with van der Waals surface area (Å²) >= 11 is 0. The molecule has 0 fully saturated rings. The number of hydrogen-bond donors (Lipinski definition) is 0. The number of hydrogen-bond acceptors (Lipinski definition) is 1. The lowest BCUT2D eigenvalue weighted by atomic mass is 10.2. The molecule has 0 spiro atoms. The highest BCUT2D eigenvalue weighted by Gasteiger charge is 2.21. The molecular weight excluding hydrogens is 503 g/mol. The monoisotopic (exact) mass is 548 g/mol. The van der Waals surface area contributed by atoms with Gasteiger partial charge in [0.2, 0.25) is 0 Å². The molecule has 9 heteroatoms. The number of rotatable bonds is 9. The summed E-state index contributed by atoms with van der Waals surface area (Å²) in [5, 5.41) is 0. The molecular formula is C30H45BF4N4+2. The fraction of sp³-hybridized carbons (Fsp3) is 0.500. The summed E-state index contributed by atoms with van der Waals surface area (Å²) in [6, 6.07) is 13.8. The fourth-order valence-electron chi connectivity index (χ4n) is 5.52. The highest BCUT2D eigenvalue weighted by atomic mass is 19.5. The van der Waals surface area contributed by atoms with Crippen molar-refractivity contribution in [2.45, 2.75) is 81.9 Å². The summed E-state index contributed by atoms with van der Waals surface area (Å²) in [6.45, 7) is 26.1. The molecule has 0 bridgehead atoms. The van der Waals surface area contributed by atoms with E-state index < -0.39 is 7.25 Å². The molecule has 214 valence electrons. The molecule has 0 aliphatic heterocycles. The Morgan fingerprint density at radius 3 is 0.821 bits per heavy atom. The van der Waals surface area contributed by atoms with Crippen molar-refractivity contribution in [3.63, 3.8) is 0 Å². The van der Waals surface area contributed by atoms with Crippen molar-refractivity contribution in [1.82, 2.24) is 4.90 Å². The zero-order valence-corrected chi connectivity index (χ0v) is 25.1. The highest BCUT2D eigenvalue weighted by Crippen LogP contribution is 2.07. The van der Waals surface area contributed by atoms with Crippen LogP contribution in [0.3, 0.4) is 0 Å². The molecule has 3 heterocycles. The van der Waals surface area contributed by atoms with E-state index in [-0.39, 0.29) is 0 Å². The molecule has 0 aromatic carbocycles. The molecule has 39 heavy (non-hydrogen) atoms. The van der Waals surface area contributed by atoms with E-state index in [4.69, 9.17) is 0 Å². The molecule has 0 amide bonds. The van der Waals surface area contributed by atoms with E-state index in [1.54, 1.807) is 0 Å². The third-order valence-corrected chi connectivity index (χ3v) is 7.09. The summed E-state index contributed by atoms with van der Waals surface area (Å²) < 4.78 is 46.4. The Morgan fingerprint density at radius 2 is 0.641 bits per heavy atom. The van der Waals surface area contributed by atoms with E-state index >= 15 is 0 Å². The first kappa shape index (κ1) is 32.4. The maximum atomic E-state index is 9.75.